The van der Waals surface area contributed by atoms with Crippen molar-refractivity contribution < 1.29 is 34.3 Å². The molecular formula is C64H63Br3N16O7S. The molecule has 4 aromatic carbocycles. The van der Waals surface area contributed by atoms with E-state index in [2.05, 4.69) is 128 Å². The summed E-state index contributed by atoms with van der Waals surface area (Å²) in [5, 5.41) is 39.6. The van der Waals surface area contributed by atoms with E-state index in [0.29, 0.717) is 43.4 Å². The molecule has 23 nitrogen and oxygen atoms in total. The van der Waals surface area contributed by atoms with E-state index in [0.717, 1.165) is 130 Å². The van der Waals surface area contributed by atoms with E-state index >= 15 is 0 Å². The first-order valence-electron chi connectivity index (χ1n) is 28.9. The van der Waals surface area contributed by atoms with E-state index in [1.54, 1.807) is 50.5 Å². The van der Waals surface area contributed by atoms with E-state index in [4.69, 9.17) is 18.9 Å². The number of rotatable bonds is 23. The standard InChI is InChI=1S/C23H24BrN7O2.C23H23BrN4O3.C18H16BrN5O2S/c24-17-11-20-23(27-12-17)29-22(28-20)16-1-3-19(4-2-16)33-15-18(32)14-30-7-9-31(10-8-30)21-13-25-5-6-26-21;1-30-21-5-3-2-4-16(21)11-25-13-18(29)14-31-19-8-6-15(7-9-19)22-27-20-10-17(24)12-26-23(20)28-22;19-12-7-15-17(21-8-12)24-16(23-15)11-1-3-14(4-2-11)26-10-13(25)9-22-18-20-5-6-27-18/h1-6,11-13,18,32H,7-10,14-15H2,(H,27,28,29);2-10,12,18,25,29H,11,13-14H2,1H3,(H,26,27,28);1-8,13,25H,9-10H2,(H,20,22)(H,21,23,24). The van der Waals surface area contributed by atoms with Crippen molar-refractivity contribution in [3.63, 3.8) is 0 Å². The van der Waals surface area contributed by atoms with Gasteiger partial charge in [-0.2, -0.15) is 0 Å². The average Bonchev–Trinajstić information content (AvgIpc) is 1.95. The molecule has 468 valence electrons. The van der Waals surface area contributed by atoms with Gasteiger partial charge in [0.05, 0.1) is 13.3 Å². The van der Waals surface area contributed by atoms with Gasteiger partial charge in [0.1, 0.15) is 101 Å². The maximum Gasteiger partial charge on any atom is 0.182 e. The first kappa shape index (κ1) is 64.0. The summed E-state index contributed by atoms with van der Waals surface area (Å²) < 4.78 is 25.2. The highest BCUT2D eigenvalue weighted by Crippen LogP contribution is 2.28. The summed E-state index contributed by atoms with van der Waals surface area (Å²) in [6, 6.07) is 36.4. The Morgan fingerprint density at radius 3 is 1.49 bits per heavy atom. The first-order valence-corrected chi connectivity index (χ1v) is 32.2. The monoisotopic (exact) mass is 1440 g/mol. The molecule has 12 aromatic rings. The van der Waals surface area contributed by atoms with Crippen molar-refractivity contribution in [1.29, 1.82) is 0 Å². The van der Waals surface area contributed by atoms with Crippen LogP contribution in [0.25, 0.3) is 67.7 Å². The van der Waals surface area contributed by atoms with Crippen LogP contribution in [0.5, 0.6) is 23.0 Å². The molecule has 0 aliphatic carbocycles. The predicted octanol–water partition coefficient (Wildman–Crippen LogP) is 10.4. The number of piperazine rings is 1. The van der Waals surface area contributed by atoms with Crippen molar-refractivity contribution in [3.8, 4) is 57.2 Å². The maximum absolute atomic E-state index is 10.5. The van der Waals surface area contributed by atoms with Gasteiger partial charge in [-0.3, -0.25) is 9.88 Å². The number of nitrogens with zero attached hydrogens (tertiary/aromatic N) is 11. The second kappa shape index (κ2) is 31.5. The molecule has 0 amide bonds. The highest BCUT2D eigenvalue weighted by atomic mass is 79.9. The molecular weight excluding hydrogens is 1380 g/mol. The molecule has 1 saturated heterocycles. The Morgan fingerprint density at radius 2 is 1.03 bits per heavy atom. The molecule has 0 spiro atoms. The molecule has 0 saturated carbocycles. The topological polar surface area (TPSA) is 292 Å². The minimum absolute atomic E-state index is 0.195. The molecule has 1 aliphatic rings. The van der Waals surface area contributed by atoms with Crippen LogP contribution in [0.3, 0.4) is 0 Å². The number of aromatic amines is 3. The number of aliphatic hydroxyl groups excluding tert-OH is 3. The summed E-state index contributed by atoms with van der Waals surface area (Å²) in [4.78, 5) is 53.4. The second-order valence-corrected chi connectivity index (χ2v) is 24.4. The van der Waals surface area contributed by atoms with E-state index in [1.165, 1.54) is 11.3 Å². The van der Waals surface area contributed by atoms with Gasteiger partial charge in [0.2, 0.25) is 0 Å². The van der Waals surface area contributed by atoms with E-state index in [9.17, 15) is 15.3 Å². The number of hydrogen-bond acceptors (Lipinski definition) is 21. The lowest BCUT2D eigenvalue weighted by Gasteiger charge is -2.36. The molecule has 91 heavy (non-hydrogen) atoms. The summed E-state index contributed by atoms with van der Waals surface area (Å²) in [6.07, 6.45) is 10.3. The van der Waals surface area contributed by atoms with Crippen LogP contribution in [-0.2, 0) is 6.54 Å². The first-order chi connectivity index (χ1) is 44.4. The number of para-hydroxylation sites is 1. The fourth-order valence-corrected chi connectivity index (χ4v) is 11.0. The minimum atomic E-state index is -0.631. The van der Waals surface area contributed by atoms with Crippen LogP contribution < -0.4 is 34.5 Å². The van der Waals surface area contributed by atoms with Gasteiger partial charge in [0.15, 0.2) is 22.1 Å². The Hall–Kier alpha value is -8.51. The van der Waals surface area contributed by atoms with Gasteiger partial charge in [-0.15, -0.1) is 11.3 Å². The molecule has 1 fully saturated rings. The van der Waals surface area contributed by atoms with Crippen LogP contribution in [0.4, 0.5) is 10.9 Å². The molecule has 8 N–H and O–H groups in total. The third kappa shape index (κ3) is 18.1. The van der Waals surface area contributed by atoms with Crippen LogP contribution in [0, 0.1) is 0 Å². The summed E-state index contributed by atoms with van der Waals surface area (Å²) in [5.74, 6) is 6.05. The number of anilines is 2. The molecule has 9 heterocycles. The van der Waals surface area contributed by atoms with Crippen LogP contribution in [0.15, 0.2) is 177 Å². The van der Waals surface area contributed by atoms with Crippen molar-refractivity contribution >= 4 is 104 Å². The smallest absolute Gasteiger partial charge is 0.182 e. The fourth-order valence-electron chi connectivity index (χ4n) is 9.55. The van der Waals surface area contributed by atoms with Crippen molar-refractivity contribution in [2.24, 2.45) is 0 Å². The molecule has 0 bridgehead atoms. The Labute approximate surface area is 552 Å². The van der Waals surface area contributed by atoms with Gasteiger partial charge in [0.25, 0.3) is 0 Å². The minimum Gasteiger partial charge on any atom is -0.496 e. The van der Waals surface area contributed by atoms with Gasteiger partial charge in [0, 0.05) is 131 Å². The zero-order valence-electron chi connectivity index (χ0n) is 49.0. The lowest BCUT2D eigenvalue weighted by Crippen LogP contribution is -2.49. The third-order valence-corrected chi connectivity index (χ3v) is 16.2. The molecule has 0 radical (unpaired) electrons. The Balaban J connectivity index is 0.000000141. The predicted molar refractivity (Wildman–Crippen MR) is 362 cm³/mol. The highest BCUT2D eigenvalue weighted by molar-refractivity contribution is 9.11. The summed E-state index contributed by atoms with van der Waals surface area (Å²) in [5.41, 5.74) is 8.48. The number of fused-ring (bicyclic) bond motifs is 3. The normalized spacial score (nSPS) is 13.4. The number of aromatic nitrogens is 12. The van der Waals surface area contributed by atoms with Crippen molar-refractivity contribution in [1.82, 2.24) is 70.0 Å². The number of methoxy groups -OCH3 is 1. The van der Waals surface area contributed by atoms with Gasteiger partial charge >= 0.3 is 0 Å². The van der Waals surface area contributed by atoms with Gasteiger partial charge in [-0.05, 0) is 145 Å². The van der Waals surface area contributed by atoms with Crippen molar-refractivity contribution in [2.75, 3.05) is 83.0 Å². The molecule has 3 unspecified atom stereocenters. The van der Waals surface area contributed by atoms with Crippen LogP contribution in [0.1, 0.15) is 5.56 Å². The lowest BCUT2D eigenvalue weighted by molar-refractivity contribution is 0.0662. The van der Waals surface area contributed by atoms with Gasteiger partial charge in [-0.25, -0.2) is 39.9 Å². The van der Waals surface area contributed by atoms with Crippen molar-refractivity contribution in [2.45, 2.75) is 24.9 Å². The molecule has 27 heteroatoms. The quantitative estimate of drug-likeness (QED) is 0.0295. The number of hydrogen-bond donors (Lipinski definition) is 8. The van der Waals surface area contributed by atoms with E-state index < -0.39 is 18.3 Å². The average molecular weight is 1440 g/mol. The molecule has 3 atom stereocenters. The van der Waals surface area contributed by atoms with Crippen LogP contribution >= 0.6 is 59.1 Å². The molecule has 13 rings (SSSR count). The zero-order valence-corrected chi connectivity index (χ0v) is 54.6. The number of H-pyrrole nitrogens is 3. The Kier molecular flexibility index (Phi) is 22.2. The number of aliphatic hydroxyl groups is 3. The summed E-state index contributed by atoms with van der Waals surface area (Å²) >= 11 is 11.7. The van der Waals surface area contributed by atoms with Crippen LogP contribution in [0.2, 0.25) is 0 Å². The van der Waals surface area contributed by atoms with E-state index in [-0.39, 0.29) is 19.8 Å². The number of imidazole rings is 3. The SMILES string of the molecule is COc1ccccc1CNCC(O)COc1ccc(-c2nc3cc(Br)cnc3[nH]2)cc1.OC(CNc1nccs1)COc1ccc(-c2nc3cc(Br)cnc3[nH]2)cc1.OC(COc1ccc(-c2nc3cc(Br)cnc3[nH]2)cc1)CN1CCN(c2cnccn2)CC1. The fraction of sp³-hybridized carbons (Fsp3) is 0.234. The Bertz CT molecular complexity index is 4220. The lowest BCUT2D eigenvalue weighted by atomic mass is 10.2. The number of halogens is 3. The number of β-amino-alcohol motifs (C(OH)–C–C–N with tert-alkyl or cyclic N) is 1. The van der Waals surface area contributed by atoms with Crippen LogP contribution in [-0.4, -0.2) is 171 Å². The number of nitrogens with one attached hydrogen (secondary N) is 5. The maximum atomic E-state index is 10.5. The zero-order chi connectivity index (χ0) is 62.9. The number of benzene rings is 4. The van der Waals surface area contributed by atoms with Gasteiger partial charge < -0.3 is 64.8 Å². The third-order valence-electron chi connectivity index (χ3n) is 14.1. The molecule has 8 aromatic heterocycles. The Morgan fingerprint density at radius 1 is 0.549 bits per heavy atom. The number of thiazole rings is 1. The second-order valence-electron chi connectivity index (χ2n) is 20.8. The highest BCUT2D eigenvalue weighted by Gasteiger charge is 2.21. The van der Waals surface area contributed by atoms with Crippen molar-refractivity contribution in [3.05, 3.63) is 183 Å². The summed E-state index contributed by atoms with van der Waals surface area (Å²) in [6.45, 7) is 6.07. The summed E-state index contributed by atoms with van der Waals surface area (Å²) in [7, 11) is 1.65. The largest absolute Gasteiger partial charge is 0.496 e. The van der Waals surface area contributed by atoms with E-state index in [1.807, 2.05) is 121 Å². The number of pyridine rings is 3. The molecule has 1 aliphatic heterocycles. The number of ether oxygens (including phenoxy) is 4. The van der Waals surface area contributed by atoms with Gasteiger partial charge in [-0.1, -0.05) is 18.2 Å².